The Hall–Kier alpha value is -3.20. The first-order chi connectivity index (χ1) is 13.4. The Morgan fingerprint density at radius 3 is 2.50 bits per heavy atom. The number of aromatic nitrogens is 3. The number of nitrogens with zero attached hydrogens (tertiary/aromatic N) is 4. The SMILES string of the molecule is Cc1ccccc1-c1nnc(SC(C)C(=O)Nc2ccc([N+](=O)[O-])cc2)n1C. The van der Waals surface area contributed by atoms with Crippen molar-refractivity contribution in [2.75, 3.05) is 5.32 Å². The summed E-state index contributed by atoms with van der Waals surface area (Å²) in [5.74, 6) is 0.517. The fourth-order valence-electron chi connectivity index (χ4n) is 2.60. The molecule has 0 saturated heterocycles. The molecule has 0 saturated carbocycles. The van der Waals surface area contributed by atoms with Crippen LogP contribution in [0, 0.1) is 17.0 Å². The molecule has 1 heterocycles. The van der Waals surface area contributed by atoms with Crippen molar-refractivity contribution in [3.05, 3.63) is 64.2 Å². The van der Waals surface area contributed by atoms with Crippen LogP contribution in [0.5, 0.6) is 0 Å². The molecular weight excluding hydrogens is 378 g/mol. The zero-order valence-corrected chi connectivity index (χ0v) is 16.4. The van der Waals surface area contributed by atoms with E-state index in [0.717, 1.165) is 17.0 Å². The summed E-state index contributed by atoms with van der Waals surface area (Å²) in [6.45, 7) is 3.78. The molecule has 2 aromatic carbocycles. The molecule has 0 bridgehead atoms. The third-order valence-electron chi connectivity index (χ3n) is 4.22. The van der Waals surface area contributed by atoms with Gasteiger partial charge in [0.1, 0.15) is 0 Å². The Morgan fingerprint density at radius 2 is 1.86 bits per heavy atom. The van der Waals surface area contributed by atoms with E-state index >= 15 is 0 Å². The number of thioether (sulfide) groups is 1. The monoisotopic (exact) mass is 397 g/mol. The fraction of sp³-hybridized carbons (Fsp3) is 0.211. The lowest BCUT2D eigenvalue weighted by Crippen LogP contribution is -2.22. The van der Waals surface area contributed by atoms with Crippen molar-refractivity contribution in [1.29, 1.82) is 0 Å². The summed E-state index contributed by atoms with van der Waals surface area (Å²) in [7, 11) is 1.87. The Balaban J connectivity index is 1.69. The van der Waals surface area contributed by atoms with E-state index in [1.165, 1.54) is 36.0 Å². The highest BCUT2D eigenvalue weighted by Gasteiger charge is 2.20. The van der Waals surface area contributed by atoms with Crippen LogP contribution in [-0.2, 0) is 11.8 Å². The second kappa shape index (κ2) is 8.22. The number of benzene rings is 2. The number of hydrogen-bond acceptors (Lipinski definition) is 6. The Labute approximate surface area is 166 Å². The minimum absolute atomic E-state index is 0.0248. The van der Waals surface area contributed by atoms with Gasteiger partial charge < -0.3 is 9.88 Å². The highest BCUT2D eigenvalue weighted by molar-refractivity contribution is 8.00. The second-order valence-corrected chi connectivity index (χ2v) is 7.54. The molecule has 0 radical (unpaired) electrons. The topological polar surface area (TPSA) is 103 Å². The van der Waals surface area contributed by atoms with Gasteiger partial charge >= 0.3 is 0 Å². The lowest BCUT2D eigenvalue weighted by molar-refractivity contribution is -0.384. The summed E-state index contributed by atoms with van der Waals surface area (Å²) < 4.78 is 1.86. The third-order valence-corrected chi connectivity index (χ3v) is 5.35. The maximum atomic E-state index is 12.5. The molecule has 1 N–H and O–H groups in total. The van der Waals surface area contributed by atoms with Crippen LogP contribution in [-0.4, -0.2) is 30.8 Å². The molecule has 3 aromatic rings. The first-order valence-electron chi connectivity index (χ1n) is 8.54. The molecule has 8 nitrogen and oxygen atoms in total. The molecule has 1 amide bonds. The Bertz CT molecular complexity index is 1020. The molecule has 1 atom stereocenters. The summed E-state index contributed by atoms with van der Waals surface area (Å²) in [4.78, 5) is 22.7. The highest BCUT2D eigenvalue weighted by Crippen LogP contribution is 2.28. The number of nitro groups is 1. The number of carbonyl (C=O) groups excluding carboxylic acids is 1. The Kier molecular flexibility index (Phi) is 5.74. The number of non-ortho nitro benzene ring substituents is 1. The highest BCUT2D eigenvalue weighted by atomic mass is 32.2. The van der Waals surface area contributed by atoms with Crippen LogP contribution < -0.4 is 5.32 Å². The zero-order chi connectivity index (χ0) is 20.3. The van der Waals surface area contributed by atoms with Gasteiger partial charge in [0.25, 0.3) is 5.69 Å². The smallest absolute Gasteiger partial charge is 0.269 e. The van der Waals surface area contributed by atoms with Crippen molar-refractivity contribution in [3.8, 4) is 11.4 Å². The summed E-state index contributed by atoms with van der Waals surface area (Å²) in [5.41, 5.74) is 2.57. The van der Waals surface area contributed by atoms with Gasteiger partial charge in [-0.2, -0.15) is 0 Å². The molecule has 0 aliphatic rings. The number of hydrogen-bond donors (Lipinski definition) is 1. The van der Waals surface area contributed by atoms with Gasteiger partial charge in [0, 0.05) is 30.4 Å². The lowest BCUT2D eigenvalue weighted by Gasteiger charge is -2.12. The van der Waals surface area contributed by atoms with Gasteiger partial charge in [-0.15, -0.1) is 10.2 Å². The van der Waals surface area contributed by atoms with Crippen LogP contribution in [0.4, 0.5) is 11.4 Å². The lowest BCUT2D eigenvalue weighted by atomic mass is 10.1. The van der Waals surface area contributed by atoms with E-state index in [-0.39, 0.29) is 11.6 Å². The maximum absolute atomic E-state index is 12.5. The van der Waals surface area contributed by atoms with E-state index in [1.54, 1.807) is 6.92 Å². The van der Waals surface area contributed by atoms with E-state index in [0.29, 0.717) is 10.8 Å². The largest absolute Gasteiger partial charge is 0.325 e. The standard InChI is InChI=1S/C19H19N5O3S/c1-12-6-4-5-7-16(12)17-21-22-19(23(17)3)28-13(2)18(25)20-14-8-10-15(11-9-14)24(26)27/h4-11,13H,1-3H3,(H,20,25). The van der Waals surface area contributed by atoms with Crippen molar-refractivity contribution >= 4 is 29.0 Å². The molecule has 144 valence electrons. The van der Waals surface area contributed by atoms with Crippen LogP contribution >= 0.6 is 11.8 Å². The first kappa shape index (κ1) is 19.6. The summed E-state index contributed by atoms with van der Waals surface area (Å²) in [5, 5.41) is 22.1. The molecule has 9 heteroatoms. The quantitative estimate of drug-likeness (QED) is 0.385. The number of rotatable bonds is 6. The van der Waals surface area contributed by atoms with Gasteiger partial charge in [0.15, 0.2) is 11.0 Å². The number of carbonyl (C=O) groups is 1. The molecule has 1 aromatic heterocycles. The molecule has 3 rings (SSSR count). The zero-order valence-electron chi connectivity index (χ0n) is 15.6. The predicted octanol–water partition coefficient (Wildman–Crippen LogP) is 3.82. The molecule has 1 unspecified atom stereocenters. The van der Waals surface area contributed by atoms with Gasteiger partial charge in [0.2, 0.25) is 5.91 Å². The molecule has 28 heavy (non-hydrogen) atoms. The number of amides is 1. The van der Waals surface area contributed by atoms with Gasteiger partial charge in [-0.25, -0.2) is 0 Å². The number of aryl methyl sites for hydroxylation is 1. The molecular formula is C19H19N5O3S. The van der Waals surface area contributed by atoms with Gasteiger partial charge in [-0.05, 0) is 31.5 Å². The van der Waals surface area contributed by atoms with Crippen LogP contribution in [0.1, 0.15) is 12.5 Å². The van der Waals surface area contributed by atoms with Gasteiger partial charge in [0.05, 0.1) is 10.2 Å². The molecule has 0 aliphatic heterocycles. The number of nitro benzene ring substituents is 1. The second-order valence-electron chi connectivity index (χ2n) is 6.23. The first-order valence-corrected chi connectivity index (χ1v) is 9.42. The Morgan fingerprint density at radius 1 is 1.18 bits per heavy atom. The molecule has 0 aliphatic carbocycles. The summed E-state index contributed by atoms with van der Waals surface area (Å²) in [6.07, 6.45) is 0. The average molecular weight is 397 g/mol. The van der Waals surface area contributed by atoms with E-state index in [4.69, 9.17) is 0 Å². The van der Waals surface area contributed by atoms with Crippen molar-refractivity contribution in [2.24, 2.45) is 7.05 Å². The van der Waals surface area contributed by atoms with Gasteiger partial charge in [-0.3, -0.25) is 14.9 Å². The number of nitrogens with one attached hydrogen (secondary N) is 1. The molecule has 0 spiro atoms. The van der Waals surface area contributed by atoms with Crippen LogP contribution in [0.3, 0.4) is 0 Å². The van der Waals surface area contributed by atoms with Crippen molar-refractivity contribution in [3.63, 3.8) is 0 Å². The molecule has 0 fully saturated rings. The average Bonchev–Trinajstić information content (AvgIpc) is 3.03. The van der Waals surface area contributed by atoms with E-state index in [9.17, 15) is 14.9 Å². The van der Waals surface area contributed by atoms with Crippen molar-refractivity contribution < 1.29 is 9.72 Å². The van der Waals surface area contributed by atoms with Crippen LogP contribution in [0.2, 0.25) is 0 Å². The minimum atomic E-state index is -0.482. The van der Waals surface area contributed by atoms with Crippen molar-refractivity contribution in [2.45, 2.75) is 24.3 Å². The van der Waals surface area contributed by atoms with Crippen LogP contribution in [0.25, 0.3) is 11.4 Å². The fourth-order valence-corrected chi connectivity index (χ4v) is 3.41. The van der Waals surface area contributed by atoms with E-state index in [1.807, 2.05) is 42.8 Å². The van der Waals surface area contributed by atoms with Crippen molar-refractivity contribution in [1.82, 2.24) is 14.8 Å². The number of anilines is 1. The predicted molar refractivity (Wildman–Crippen MR) is 108 cm³/mol. The van der Waals surface area contributed by atoms with Gasteiger partial charge in [-0.1, -0.05) is 36.0 Å². The van der Waals surface area contributed by atoms with Crippen LogP contribution in [0.15, 0.2) is 53.7 Å². The summed E-state index contributed by atoms with van der Waals surface area (Å²) >= 11 is 1.30. The normalized spacial score (nSPS) is 11.8. The minimum Gasteiger partial charge on any atom is -0.325 e. The third kappa shape index (κ3) is 4.20. The summed E-state index contributed by atoms with van der Waals surface area (Å²) in [6, 6.07) is 13.6. The maximum Gasteiger partial charge on any atom is 0.269 e. The van der Waals surface area contributed by atoms with E-state index in [2.05, 4.69) is 15.5 Å². The van der Waals surface area contributed by atoms with E-state index < -0.39 is 10.2 Å².